The number of hydrogen-bond donors (Lipinski definition) is 0. The lowest BCUT2D eigenvalue weighted by molar-refractivity contribution is -0.0686. The Kier molecular flexibility index (Phi) is 5.62. The molecule has 0 aromatic heterocycles. The van der Waals surface area contributed by atoms with Gasteiger partial charge in [-0.2, -0.15) is 0 Å². The van der Waals surface area contributed by atoms with Gasteiger partial charge in [0.1, 0.15) is 17.2 Å². The van der Waals surface area contributed by atoms with Crippen LogP contribution >= 0.6 is 0 Å². The highest BCUT2D eigenvalue weighted by molar-refractivity contribution is 5.70. The molecule has 0 aliphatic carbocycles. The number of nitrogens with zero attached hydrogens (tertiary/aromatic N) is 1. The number of carbonyl (C=O) groups is 1. The highest BCUT2D eigenvalue weighted by Crippen LogP contribution is 2.42. The lowest BCUT2D eigenvalue weighted by atomic mass is 9.84. The lowest BCUT2D eigenvalue weighted by Crippen LogP contribution is -2.49. The third kappa shape index (κ3) is 4.48. The van der Waals surface area contributed by atoms with E-state index in [1.807, 2.05) is 31.2 Å². The number of rotatable bonds is 6. The predicted octanol–water partition coefficient (Wildman–Crippen LogP) is 6.22. The van der Waals surface area contributed by atoms with E-state index in [9.17, 15) is 13.6 Å². The van der Waals surface area contributed by atoms with Gasteiger partial charge in [0.05, 0.1) is 18.8 Å². The molecular weight excluding hydrogens is 424 g/mol. The van der Waals surface area contributed by atoms with E-state index < -0.39 is 5.60 Å². The van der Waals surface area contributed by atoms with Crippen LogP contribution in [0.2, 0.25) is 0 Å². The maximum Gasteiger partial charge on any atom is 0.411 e. The average Bonchev–Trinajstić information content (AvgIpc) is 3.64. The molecule has 1 amide bonds. The maximum atomic E-state index is 13.5. The monoisotopic (exact) mass is 449 g/mol. The van der Waals surface area contributed by atoms with Crippen LogP contribution in [0.15, 0.2) is 72.8 Å². The fourth-order valence-electron chi connectivity index (χ4n) is 4.57. The van der Waals surface area contributed by atoms with E-state index in [-0.39, 0.29) is 29.9 Å². The third-order valence-electron chi connectivity index (χ3n) is 6.64. The molecule has 2 aliphatic heterocycles. The van der Waals surface area contributed by atoms with Crippen LogP contribution in [0.1, 0.15) is 36.9 Å². The van der Waals surface area contributed by atoms with Crippen LogP contribution in [-0.4, -0.2) is 30.2 Å². The van der Waals surface area contributed by atoms with Gasteiger partial charge < -0.3 is 14.4 Å². The summed E-state index contributed by atoms with van der Waals surface area (Å²) in [5.41, 5.74) is 2.88. The van der Waals surface area contributed by atoms with E-state index in [1.165, 1.54) is 24.3 Å². The van der Waals surface area contributed by atoms with Crippen LogP contribution in [0.4, 0.5) is 13.6 Å². The molecule has 3 aromatic rings. The molecule has 0 N–H and O–H groups in total. The van der Waals surface area contributed by atoms with Crippen molar-refractivity contribution in [2.45, 2.75) is 37.5 Å². The van der Waals surface area contributed by atoms with Crippen molar-refractivity contribution in [2.75, 3.05) is 13.2 Å². The highest BCUT2D eigenvalue weighted by atomic mass is 19.1. The molecule has 2 heterocycles. The van der Waals surface area contributed by atoms with Crippen LogP contribution in [-0.2, 0) is 15.1 Å². The van der Waals surface area contributed by atoms with Gasteiger partial charge in [-0.15, -0.1) is 0 Å². The Bertz CT molecular complexity index is 1130. The third-order valence-corrected chi connectivity index (χ3v) is 6.64. The zero-order valence-corrected chi connectivity index (χ0v) is 18.3. The van der Waals surface area contributed by atoms with Gasteiger partial charge in [0.2, 0.25) is 0 Å². The predicted molar refractivity (Wildman–Crippen MR) is 120 cm³/mol. The van der Waals surface area contributed by atoms with Crippen molar-refractivity contribution in [3.8, 4) is 11.1 Å². The summed E-state index contributed by atoms with van der Waals surface area (Å²) >= 11 is 0. The number of benzene rings is 3. The standard InChI is InChI=1S/C27H25F2NO3/c1-18(19-2-4-20(5-3-19)21-6-10-23(28)11-7-21)30-15-14-27(33-26(30)31,16-25-17-32-25)22-8-12-24(29)13-9-22/h2-13,18,25H,14-17H2,1H3/t18-,25?,27-/m0/s1. The molecule has 0 spiro atoms. The van der Waals surface area contributed by atoms with Gasteiger partial charge in [-0.05, 0) is 53.4 Å². The van der Waals surface area contributed by atoms with E-state index in [1.54, 1.807) is 29.2 Å². The fourth-order valence-corrected chi connectivity index (χ4v) is 4.57. The summed E-state index contributed by atoms with van der Waals surface area (Å²) in [5.74, 6) is -0.587. The highest BCUT2D eigenvalue weighted by Gasteiger charge is 2.47. The van der Waals surface area contributed by atoms with Crippen LogP contribution in [0.3, 0.4) is 0 Å². The molecule has 0 bridgehead atoms. The van der Waals surface area contributed by atoms with Crippen molar-refractivity contribution in [2.24, 2.45) is 0 Å². The summed E-state index contributed by atoms with van der Waals surface area (Å²) in [7, 11) is 0. The van der Waals surface area contributed by atoms with Crippen molar-refractivity contribution < 1.29 is 23.0 Å². The minimum atomic E-state index is -0.811. The summed E-state index contributed by atoms with van der Waals surface area (Å²) in [4.78, 5) is 14.9. The Hall–Kier alpha value is -3.25. The van der Waals surface area contributed by atoms with Gasteiger partial charge in [-0.1, -0.05) is 48.5 Å². The number of hydrogen-bond acceptors (Lipinski definition) is 3. The number of carbonyl (C=O) groups excluding carboxylic acids is 1. The molecule has 1 unspecified atom stereocenters. The number of ether oxygens (including phenoxy) is 2. The van der Waals surface area contributed by atoms with Crippen molar-refractivity contribution in [3.05, 3.63) is 95.6 Å². The van der Waals surface area contributed by atoms with Crippen molar-refractivity contribution >= 4 is 6.09 Å². The zero-order valence-electron chi connectivity index (χ0n) is 18.3. The summed E-state index contributed by atoms with van der Waals surface area (Å²) in [6.07, 6.45) is 0.841. The van der Waals surface area contributed by atoms with Crippen molar-refractivity contribution in [3.63, 3.8) is 0 Å². The van der Waals surface area contributed by atoms with Gasteiger partial charge >= 0.3 is 6.09 Å². The van der Waals surface area contributed by atoms with Gasteiger partial charge in [0, 0.05) is 19.4 Å². The fraction of sp³-hybridized carbons (Fsp3) is 0.296. The molecule has 2 aliphatic rings. The molecule has 4 nitrogen and oxygen atoms in total. The molecule has 6 heteroatoms. The van der Waals surface area contributed by atoms with E-state index >= 15 is 0 Å². The van der Waals surface area contributed by atoms with E-state index in [2.05, 4.69) is 0 Å². The van der Waals surface area contributed by atoms with Crippen LogP contribution in [0.25, 0.3) is 11.1 Å². The average molecular weight is 449 g/mol. The summed E-state index contributed by atoms with van der Waals surface area (Å²) < 4.78 is 38.2. The van der Waals surface area contributed by atoms with Crippen LogP contribution < -0.4 is 0 Å². The molecule has 2 saturated heterocycles. The molecule has 170 valence electrons. The van der Waals surface area contributed by atoms with Crippen molar-refractivity contribution in [1.29, 1.82) is 0 Å². The second kappa shape index (κ2) is 8.60. The van der Waals surface area contributed by atoms with Crippen LogP contribution in [0, 0.1) is 11.6 Å². The first-order valence-electron chi connectivity index (χ1n) is 11.2. The zero-order chi connectivity index (χ0) is 23.0. The second-order valence-corrected chi connectivity index (χ2v) is 8.78. The smallest absolute Gasteiger partial charge is 0.411 e. The Morgan fingerprint density at radius 2 is 1.48 bits per heavy atom. The molecule has 3 aromatic carbocycles. The maximum absolute atomic E-state index is 13.5. The van der Waals surface area contributed by atoms with E-state index in [4.69, 9.17) is 9.47 Å². The summed E-state index contributed by atoms with van der Waals surface area (Å²) in [6.45, 7) is 3.15. The first kappa shape index (κ1) is 21.6. The Labute approximate surface area is 191 Å². The number of cyclic esters (lactones) is 1. The SMILES string of the molecule is C[C@@H](c1ccc(-c2ccc(F)cc2)cc1)N1CC[C@](CC2CO2)(c2ccc(F)cc2)OC1=O. The molecular formula is C27H25F2NO3. The van der Waals surface area contributed by atoms with E-state index in [0.29, 0.717) is 26.0 Å². The Balaban J connectivity index is 1.33. The van der Waals surface area contributed by atoms with E-state index in [0.717, 1.165) is 22.3 Å². The normalized spacial score (nSPS) is 23.2. The number of halogens is 2. The number of epoxide rings is 1. The quantitative estimate of drug-likeness (QED) is 0.420. The Morgan fingerprint density at radius 3 is 2.03 bits per heavy atom. The minimum Gasteiger partial charge on any atom is -0.438 e. The minimum absolute atomic E-state index is 0.0610. The van der Waals surface area contributed by atoms with Gasteiger partial charge in [-0.25, -0.2) is 13.6 Å². The first-order valence-corrected chi connectivity index (χ1v) is 11.2. The molecule has 5 rings (SSSR count). The summed E-state index contributed by atoms with van der Waals surface area (Å²) in [6, 6.07) is 20.3. The van der Waals surface area contributed by atoms with Gasteiger partial charge in [0.15, 0.2) is 0 Å². The van der Waals surface area contributed by atoms with Crippen LogP contribution in [0.5, 0.6) is 0 Å². The molecule has 3 atom stereocenters. The largest absolute Gasteiger partial charge is 0.438 e. The molecule has 0 saturated carbocycles. The Morgan fingerprint density at radius 1 is 0.939 bits per heavy atom. The first-order chi connectivity index (χ1) is 15.9. The second-order valence-electron chi connectivity index (χ2n) is 8.78. The topological polar surface area (TPSA) is 42.1 Å². The molecule has 2 fully saturated rings. The molecule has 33 heavy (non-hydrogen) atoms. The van der Waals surface area contributed by atoms with Crippen molar-refractivity contribution in [1.82, 2.24) is 4.90 Å². The lowest BCUT2D eigenvalue weighted by Gasteiger charge is -2.43. The van der Waals surface area contributed by atoms with Gasteiger partial charge in [0.25, 0.3) is 0 Å². The number of amides is 1. The van der Waals surface area contributed by atoms with Gasteiger partial charge in [-0.3, -0.25) is 0 Å². The summed E-state index contributed by atoms with van der Waals surface area (Å²) in [5, 5.41) is 0. The molecule has 0 radical (unpaired) electrons.